The summed E-state index contributed by atoms with van der Waals surface area (Å²) in [5, 5.41) is 1.98. The number of aldehydes is 1. The Morgan fingerprint density at radius 2 is 2.35 bits per heavy atom. The summed E-state index contributed by atoms with van der Waals surface area (Å²) < 4.78 is 5.29. The number of ether oxygens (including phenoxy) is 1. The standard InChI is InChI=1S/C13H16N2O2/c1-10-5-6-15(14-10)8-12-7-11(9-16)3-4-13(12)17-2/h3-7,9-10,14H,8H2,1-2H3. The second kappa shape index (κ2) is 5.01. The van der Waals surface area contributed by atoms with Crippen LogP contribution in [0.15, 0.2) is 30.5 Å². The van der Waals surface area contributed by atoms with Crippen molar-refractivity contribution >= 4 is 6.29 Å². The average Bonchev–Trinajstić information content (AvgIpc) is 2.74. The highest BCUT2D eigenvalue weighted by Gasteiger charge is 2.13. The van der Waals surface area contributed by atoms with E-state index in [4.69, 9.17) is 4.74 Å². The maximum atomic E-state index is 10.8. The summed E-state index contributed by atoms with van der Waals surface area (Å²) in [5.41, 5.74) is 4.92. The van der Waals surface area contributed by atoms with E-state index in [0.29, 0.717) is 18.2 Å². The number of carbonyl (C=O) groups is 1. The Morgan fingerprint density at radius 1 is 1.53 bits per heavy atom. The largest absolute Gasteiger partial charge is 0.496 e. The Kier molecular flexibility index (Phi) is 3.44. The van der Waals surface area contributed by atoms with Crippen LogP contribution in [0.4, 0.5) is 0 Å². The second-order valence-corrected chi connectivity index (χ2v) is 4.08. The van der Waals surface area contributed by atoms with Crippen LogP contribution < -0.4 is 10.2 Å². The quantitative estimate of drug-likeness (QED) is 0.803. The number of nitrogens with zero attached hydrogens (tertiary/aromatic N) is 1. The van der Waals surface area contributed by atoms with Gasteiger partial charge in [0.2, 0.25) is 0 Å². The first-order valence-electron chi connectivity index (χ1n) is 5.56. The highest BCUT2D eigenvalue weighted by molar-refractivity contribution is 5.75. The molecule has 1 aliphatic rings. The molecule has 0 aromatic heterocycles. The molecule has 1 aromatic rings. The molecule has 1 aromatic carbocycles. The SMILES string of the molecule is COc1ccc(C=O)cc1CN1C=CC(C)N1. The Morgan fingerprint density at radius 3 is 2.94 bits per heavy atom. The highest BCUT2D eigenvalue weighted by Crippen LogP contribution is 2.21. The molecule has 17 heavy (non-hydrogen) atoms. The first-order chi connectivity index (χ1) is 8.22. The molecular weight excluding hydrogens is 216 g/mol. The lowest BCUT2D eigenvalue weighted by atomic mass is 10.1. The number of benzene rings is 1. The molecule has 0 aliphatic carbocycles. The van der Waals surface area contributed by atoms with Crippen molar-refractivity contribution in [1.29, 1.82) is 0 Å². The molecule has 0 saturated heterocycles. The molecular formula is C13H16N2O2. The lowest BCUT2D eigenvalue weighted by molar-refractivity contribution is 0.112. The Hall–Kier alpha value is -1.81. The number of rotatable bonds is 4. The molecule has 90 valence electrons. The molecule has 1 N–H and O–H groups in total. The Labute approximate surface area is 101 Å². The molecule has 1 aliphatic heterocycles. The second-order valence-electron chi connectivity index (χ2n) is 4.08. The maximum Gasteiger partial charge on any atom is 0.150 e. The van der Waals surface area contributed by atoms with Gasteiger partial charge in [-0.05, 0) is 31.2 Å². The van der Waals surface area contributed by atoms with Crippen LogP contribution >= 0.6 is 0 Å². The van der Waals surface area contributed by atoms with Crippen LogP contribution in [0.3, 0.4) is 0 Å². The zero-order valence-corrected chi connectivity index (χ0v) is 10.0. The van der Waals surface area contributed by atoms with Crippen LogP contribution in [-0.4, -0.2) is 24.4 Å². The van der Waals surface area contributed by atoms with Gasteiger partial charge < -0.3 is 9.75 Å². The van der Waals surface area contributed by atoms with Crippen LogP contribution in [0.25, 0.3) is 0 Å². The third-order valence-corrected chi connectivity index (χ3v) is 2.71. The Balaban J connectivity index is 2.18. The van der Waals surface area contributed by atoms with E-state index in [1.54, 1.807) is 13.2 Å². The molecule has 1 atom stereocenters. The van der Waals surface area contributed by atoms with E-state index < -0.39 is 0 Å². The van der Waals surface area contributed by atoms with E-state index in [2.05, 4.69) is 18.4 Å². The molecule has 1 unspecified atom stereocenters. The fraction of sp³-hybridized carbons (Fsp3) is 0.308. The predicted molar refractivity (Wildman–Crippen MR) is 65.7 cm³/mol. The third-order valence-electron chi connectivity index (χ3n) is 2.71. The minimum Gasteiger partial charge on any atom is -0.496 e. The van der Waals surface area contributed by atoms with E-state index >= 15 is 0 Å². The lowest BCUT2D eigenvalue weighted by Gasteiger charge is -2.19. The third kappa shape index (κ3) is 2.65. The van der Waals surface area contributed by atoms with Crippen LogP contribution in [0, 0.1) is 0 Å². The molecule has 4 nitrogen and oxygen atoms in total. The van der Waals surface area contributed by atoms with Crippen LogP contribution in [-0.2, 0) is 6.54 Å². The fourth-order valence-electron chi connectivity index (χ4n) is 1.86. The molecule has 0 fully saturated rings. The minimum atomic E-state index is 0.343. The van der Waals surface area contributed by atoms with E-state index in [0.717, 1.165) is 17.6 Å². The van der Waals surface area contributed by atoms with Crippen molar-refractivity contribution in [1.82, 2.24) is 10.4 Å². The number of methoxy groups -OCH3 is 1. The molecule has 0 amide bonds. The number of hydrazine groups is 1. The monoisotopic (exact) mass is 232 g/mol. The van der Waals surface area contributed by atoms with Crippen LogP contribution in [0.2, 0.25) is 0 Å². The summed E-state index contributed by atoms with van der Waals surface area (Å²) in [4.78, 5) is 10.8. The van der Waals surface area contributed by atoms with Gasteiger partial charge in [0.05, 0.1) is 13.7 Å². The number of hydrogen-bond acceptors (Lipinski definition) is 4. The molecule has 0 saturated carbocycles. The summed E-state index contributed by atoms with van der Waals surface area (Å²) in [6, 6.07) is 5.77. The fourth-order valence-corrected chi connectivity index (χ4v) is 1.86. The lowest BCUT2D eigenvalue weighted by Crippen LogP contribution is -2.33. The first-order valence-corrected chi connectivity index (χ1v) is 5.56. The van der Waals surface area contributed by atoms with Crippen LogP contribution in [0.5, 0.6) is 5.75 Å². The molecule has 0 bridgehead atoms. The Bertz CT molecular complexity index is 443. The van der Waals surface area contributed by atoms with Crippen molar-refractivity contribution in [2.24, 2.45) is 0 Å². The maximum absolute atomic E-state index is 10.8. The molecule has 4 heteroatoms. The summed E-state index contributed by atoms with van der Waals surface area (Å²) in [6.07, 6.45) is 4.92. The normalized spacial score (nSPS) is 18.5. The zero-order valence-electron chi connectivity index (χ0n) is 10.0. The van der Waals surface area contributed by atoms with Crippen molar-refractivity contribution in [3.63, 3.8) is 0 Å². The summed E-state index contributed by atoms with van der Waals surface area (Å²) in [5.74, 6) is 0.797. The van der Waals surface area contributed by atoms with E-state index in [-0.39, 0.29) is 0 Å². The van der Waals surface area contributed by atoms with E-state index in [9.17, 15) is 4.79 Å². The van der Waals surface area contributed by atoms with Gasteiger partial charge in [0.25, 0.3) is 0 Å². The first kappa shape index (κ1) is 11.7. The van der Waals surface area contributed by atoms with Gasteiger partial charge >= 0.3 is 0 Å². The molecule has 0 radical (unpaired) electrons. The summed E-state index contributed by atoms with van der Waals surface area (Å²) >= 11 is 0. The van der Waals surface area contributed by atoms with Gasteiger partial charge in [0, 0.05) is 23.4 Å². The van der Waals surface area contributed by atoms with Gasteiger partial charge in [-0.2, -0.15) is 0 Å². The van der Waals surface area contributed by atoms with Crippen molar-refractivity contribution in [2.45, 2.75) is 19.5 Å². The van der Waals surface area contributed by atoms with Gasteiger partial charge in [-0.25, -0.2) is 5.43 Å². The summed E-state index contributed by atoms with van der Waals surface area (Å²) in [7, 11) is 1.63. The smallest absolute Gasteiger partial charge is 0.150 e. The topological polar surface area (TPSA) is 41.6 Å². The van der Waals surface area contributed by atoms with Crippen molar-refractivity contribution < 1.29 is 9.53 Å². The van der Waals surface area contributed by atoms with Crippen molar-refractivity contribution in [3.8, 4) is 5.75 Å². The van der Waals surface area contributed by atoms with Gasteiger partial charge in [-0.3, -0.25) is 4.79 Å². The van der Waals surface area contributed by atoms with Gasteiger partial charge in [0.1, 0.15) is 12.0 Å². The van der Waals surface area contributed by atoms with Crippen molar-refractivity contribution in [3.05, 3.63) is 41.6 Å². The van der Waals surface area contributed by atoms with Gasteiger partial charge in [0.15, 0.2) is 0 Å². The zero-order chi connectivity index (χ0) is 12.3. The van der Waals surface area contributed by atoms with Crippen LogP contribution in [0.1, 0.15) is 22.8 Å². The predicted octanol–water partition coefficient (Wildman–Crippen LogP) is 1.73. The highest BCUT2D eigenvalue weighted by atomic mass is 16.5. The van der Waals surface area contributed by atoms with E-state index in [1.165, 1.54) is 0 Å². The number of hydrogen-bond donors (Lipinski definition) is 1. The number of carbonyl (C=O) groups excluding carboxylic acids is 1. The van der Waals surface area contributed by atoms with E-state index in [1.807, 2.05) is 23.3 Å². The molecule has 2 rings (SSSR count). The van der Waals surface area contributed by atoms with Gasteiger partial charge in [-0.1, -0.05) is 0 Å². The minimum absolute atomic E-state index is 0.343. The molecule has 1 heterocycles. The van der Waals surface area contributed by atoms with Crippen molar-refractivity contribution in [2.75, 3.05) is 7.11 Å². The molecule has 0 spiro atoms. The average molecular weight is 232 g/mol. The van der Waals surface area contributed by atoms with Gasteiger partial charge in [-0.15, -0.1) is 0 Å². The summed E-state index contributed by atoms with van der Waals surface area (Å²) in [6.45, 7) is 2.75. The number of nitrogens with one attached hydrogen (secondary N) is 1.